The van der Waals surface area contributed by atoms with Gasteiger partial charge in [0.1, 0.15) is 5.75 Å². The van der Waals surface area contributed by atoms with Crippen LogP contribution in [0.4, 0.5) is 13.2 Å². The number of fused-ring (bicyclic) bond motifs is 1. The summed E-state index contributed by atoms with van der Waals surface area (Å²) in [5.41, 5.74) is -4.18. The topological polar surface area (TPSA) is 71.7 Å². The second-order valence-electron chi connectivity index (χ2n) is 4.78. The van der Waals surface area contributed by atoms with Crippen molar-refractivity contribution in [2.45, 2.75) is 18.7 Å². The molecule has 1 aromatic carbocycles. The van der Waals surface area contributed by atoms with E-state index in [1.807, 2.05) is 0 Å². The Bertz CT molecular complexity index is 723. The van der Waals surface area contributed by atoms with Gasteiger partial charge in [0.15, 0.2) is 0 Å². The Morgan fingerprint density at radius 1 is 1.36 bits per heavy atom. The van der Waals surface area contributed by atoms with E-state index in [2.05, 4.69) is 4.74 Å². The molecule has 2 N–H and O–H groups in total. The van der Waals surface area contributed by atoms with Gasteiger partial charge in [-0.2, -0.15) is 13.2 Å². The van der Waals surface area contributed by atoms with Crippen LogP contribution >= 0.6 is 0 Å². The van der Waals surface area contributed by atoms with E-state index in [-0.39, 0.29) is 23.3 Å². The highest BCUT2D eigenvalue weighted by atomic mass is 19.4. The molecule has 0 radical (unpaired) electrons. The van der Waals surface area contributed by atoms with Crippen LogP contribution in [0, 0.1) is 0 Å². The lowest BCUT2D eigenvalue weighted by molar-refractivity contribution is -0.267. The van der Waals surface area contributed by atoms with Crippen molar-refractivity contribution < 1.29 is 32.9 Å². The van der Waals surface area contributed by atoms with E-state index in [1.165, 1.54) is 36.7 Å². The van der Waals surface area contributed by atoms with Crippen LogP contribution in [-0.2, 0) is 22.2 Å². The van der Waals surface area contributed by atoms with Crippen molar-refractivity contribution in [3.8, 4) is 5.75 Å². The molecule has 1 aromatic heterocycles. The Balaban J connectivity index is 2.76. The van der Waals surface area contributed by atoms with Gasteiger partial charge in [0.2, 0.25) is 0 Å². The molecule has 2 aromatic rings. The first-order valence-corrected chi connectivity index (χ1v) is 6.37. The molecular weight excluding hydrogens is 303 g/mol. The molecule has 0 amide bonds. The van der Waals surface area contributed by atoms with Crippen LogP contribution in [-0.4, -0.2) is 33.5 Å². The van der Waals surface area contributed by atoms with Gasteiger partial charge in [0.25, 0.3) is 5.60 Å². The van der Waals surface area contributed by atoms with E-state index in [0.29, 0.717) is 0 Å². The van der Waals surface area contributed by atoms with E-state index >= 15 is 0 Å². The maximum absolute atomic E-state index is 13.4. The highest BCUT2D eigenvalue weighted by Crippen LogP contribution is 2.43. The quantitative estimate of drug-likeness (QED) is 0.851. The summed E-state index contributed by atoms with van der Waals surface area (Å²) in [5, 5.41) is 19.5. The molecule has 1 unspecified atom stereocenters. The zero-order valence-electron chi connectivity index (χ0n) is 11.8. The van der Waals surface area contributed by atoms with E-state index in [4.69, 9.17) is 0 Å². The monoisotopic (exact) mass is 317 g/mol. The first-order chi connectivity index (χ1) is 10.1. The highest BCUT2D eigenvalue weighted by molar-refractivity contribution is 5.93. The molecule has 0 spiro atoms. The maximum Gasteiger partial charge on any atom is 0.432 e. The summed E-state index contributed by atoms with van der Waals surface area (Å²) in [6, 6.07) is 3.62. The zero-order valence-corrected chi connectivity index (χ0v) is 11.8. The number of aromatic nitrogens is 1. The fourth-order valence-corrected chi connectivity index (χ4v) is 2.27. The maximum atomic E-state index is 13.4. The molecule has 2 rings (SSSR count). The molecule has 120 valence electrons. The molecule has 0 aliphatic carbocycles. The standard InChI is InChI=1S/C14H14F3NO4/c1-3-22-12(20)13(21,14(15,16)17)10-7-18(2)11-6-8(19)4-5-9(10)11/h4-7,19,21H,3H2,1-2H3. The van der Waals surface area contributed by atoms with Crippen LogP contribution in [0.15, 0.2) is 24.4 Å². The number of hydrogen-bond donors (Lipinski definition) is 2. The number of carbonyl (C=O) groups is 1. The number of ether oxygens (including phenoxy) is 1. The molecule has 1 atom stereocenters. The van der Waals surface area contributed by atoms with Crippen molar-refractivity contribution in [1.82, 2.24) is 4.57 Å². The molecule has 1 heterocycles. The number of aromatic hydroxyl groups is 1. The van der Waals surface area contributed by atoms with Gasteiger partial charge >= 0.3 is 12.1 Å². The fourth-order valence-electron chi connectivity index (χ4n) is 2.27. The van der Waals surface area contributed by atoms with E-state index in [0.717, 1.165) is 6.20 Å². The normalized spacial score (nSPS) is 14.8. The van der Waals surface area contributed by atoms with Crippen LogP contribution in [0.25, 0.3) is 10.9 Å². The number of phenols is 1. The lowest BCUT2D eigenvalue weighted by atomic mass is 9.92. The van der Waals surface area contributed by atoms with Gasteiger partial charge < -0.3 is 19.5 Å². The first kappa shape index (κ1) is 16.2. The van der Waals surface area contributed by atoms with Gasteiger partial charge in [-0.3, -0.25) is 0 Å². The lowest BCUT2D eigenvalue weighted by Crippen LogP contribution is -2.50. The fraction of sp³-hybridized carbons (Fsp3) is 0.357. The van der Waals surface area contributed by atoms with Gasteiger partial charge in [-0.05, 0) is 19.1 Å². The van der Waals surface area contributed by atoms with Crippen molar-refractivity contribution in [3.05, 3.63) is 30.0 Å². The molecule has 0 bridgehead atoms. The Labute approximate surface area is 123 Å². The van der Waals surface area contributed by atoms with Crippen molar-refractivity contribution in [2.75, 3.05) is 6.61 Å². The molecule has 0 aliphatic heterocycles. The van der Waals surface area contributed by atoms with Gasteiger partial charge in [0, 0.05) is 30.3 Å². The number of alkyl halides is 3. The Morgan fingerprint density at radius 3 is 2.55 bits per heavy atom. The summed E-state index contributed by atoms with van der Waals surface area (Å²) in [7, 11) is 1.44. The number of carbonyl (C=O) groups excluding carboxylic acids is 1. The second kappa shape index (κ2) is 5.20. The number of hydrogen-bond acceptors (Lipinski definition) is 4. The summed E-state index contributed by atoms with van der Waals surface area (Å²) in [6.45, 7) is 1.04. The molecule has 22 heavy (non-hydrogen) atoms. The molecule has 5 nitrogen and oxygen atoms in total. The van der Waals surface area contributed by atoms with E-state index < -0.39 is 23.3 Å². The smallest absolute Gasteiger partial charge is 0.432 e. The van der Waals surface area contributed by atoms with E-state index in [1.54, 1.807) is 0 Å². The molecule has 0 fully saturated rings. The number of rotatable bonds is 3. The Kier molecular flexibility index (Phi) is 3.82. The lowest BCUT2D eigenvalue weighted by Gasteiger charge is -2.27. The van der Waals surface area contributed by atoms with Crippen LogP contribution < -0.4 is 0 Å². The van der Waals surface area contributed by atoms with Crippen molar-refractivity contribution in [1.29, 1.82) is 0 Å². The van der Waals surface area contributed by atoms with Gasteiger partial charge in [0.05, 0.1) is 12.1 Å². The van der Waals surface area contributed by atoms with Crippen LogP contribution in [0.2, 0.25) is 0 Å². The third-order valence-corrected chi connectivity index (χ3v) is 3.35. The predicted molar refractivity (Wildman–Crippen MR) is 71.2 cm³/mol. The minimum Gasteiger partial charge on any atom is -0.508 e. The summed E-state index contributed by atoms with van der Waals surface area (Å²) >= 11 is 0. The number of benzene rings is 1. The molecule has 0 saturated heterocycles. The average Bonchev–Trinajstić information content (AvgIpc) is 2.74. The Hall–Kier alpha value is -2.22. The van der Waals surface area contributed by atoms with Crippen LogP contribution in [0.1, 0.15) is 12.5 Å². The summed E-state index contributed by atoms with van der Waals surface area (Å²) in [6.07, 6.45) is -4.26. The number of aliphatic hydroxyl groups is 1. The SMILES string of the molecule is CCOC(=O)C(O)(c1cn(C)c2cc(O)ccc12)C(F)(F)F. The minimum absolute atomic E-state index is 0.00632. The highest BCUT2D eigenvalue weighted by Gasteiger charge is 2.63. The summed E-state index contributed by atoms with van der Waals surface area (Å²) in [4.78, 5) is 11.8. The summed E-state index contributed by atoms with van der Waals surface area (Å²) < 4.78 is 45.8. The first-order valence-electron chi connectivity index (χ1n) is 6.37. The number of halogens is 3. The van der Waals surface area contributed by atoms with Gasteiger partial charge in [-0.1, -0.05) is 0 Å². The van der Waals surface area contributed by atoms with Crippen LogP contribution in [0.3, 0.4) is 0 Å². The van der Waals surface area contributed by atoms with Crippen LogP contribution in [0.5, 0.6) is 5.75 Å². The third-order valence-electron chi connectivity index (χ3n) is 3.35. The largest absolute Gasteiger partial charge is 0.508 e. The number of esters is 1. The number of phenolic OH excluding ortho intramolecular Hbond substituents is 1. The molecular formula is C14H14F3NO4. The number of nitrogens with zero attached hydrogens (tertiary/aromatic N) is 1. The number of aryl methyl sites for hydroxylation is 1. The Morgan fingerprint density at radius 2 is 2.00 bits per heavy atom. The second-order valence-corrected chi connectivity index (χ2v) is 4.78. The van der Waals surface area contributed by atoms with Gasteiger partial charge in [-0.25, -0.2) is 4.79 Å². The third kappa shape index (κ3) is 2.29. The minimum atomic E-state index is -5.26. The molecule has 8 heteroatoms. The zero-order chi connectivity index (χ0) is 16.7. The van der Waals surface area contributed by atoms with Crippen molar-refractivity contribution >= 4 is 16.9 Å². The molecule has 0 aliphatic rings. The van der Waals surface area contributed by atoms with Crippen molar-refractivity contribution in [3.63, 3.8) is 0 Å². The average molecular weight is 317 g/mol. The van der Waals surface area contributed by atoms with Crippen molar-refractivity contribution in [2.24, 2.45) is 7.05 Å². The van der Waals surface area contributed by atoms with Gasteiger partial charge in [-0.15, -0.1) is 0 Å². The predicted octanol–water partition coefficient (Wildman–Crippen LogP) is 2.20. The summed E-state index contributed by atoms with van der Waals surface area (Å²) in [5.74, 6) is -1.94. The van der Waals surface area contributed by atoms with E-state index in [9.17, 15) is 28.2 Å². The molecule has 0 saturated carbocycles.